The lowest BCUT2D eigenvalue weighted by molar-refractivity contribution is -0.285. The van der Waals surface area contributed by atoms with Crippen LogP contribution in [-0.4, -0.2) is 111 Å². The largest absolute Gasteiger partial charge is 0.504 e. The van der Waals surface area contributed by atoms with Crippen LogP contribution < -0.4 is 0 Å². The molecule has 1 saturated heterocycles. The smallest absolute Gasteiger partial charge is 0.338 e. The number of benzene rings is 3. The summed E-state index contributed by atoms with van der Waals surface area (Å²) in [6, 6.07) is 4.15. The molecule has 0 amide bonds. The number of aliphatic hydroxyl groups excluding tert-OH is 2. The Labute approximate surface area is 249 Å². The predicted molar refractivity (Wildman–Crippen MR) is 140 cm³/mol. The molecule has 5 atom stereocenters. The van der Waals surface area contributed by atoms with Gasteiger partial charge in [0, 0.05) is 0 Å². The highest BCUT2D eigenvalue weighted by Gasteiger charge is 2.50. The number of ether oxygens (including phenoxy) is 4. The van der Waals surface area contributed by atoms with Crippen molar-refractivity contribution in [2.45, 2.75) is 30.7 Å². The first-order valence-electron chi connectivity index (χ1n) is 12.4. The molecule has 0 aromatic heterocycles. The summed E-state index contributed by atoms with van der Waals surface area (Å²) >= 11 is 0. The third-order valence-electron chi connectivity index (χ3n) is 6.41. The van der Waals surface area contributed by atoms with Crippen LogP contribution in [0.1, 0.15) is 31.1 Å². The average molecular weight is 636 g/mol. The van der Waals surface area contributed by atoms with Gasteiger partial charge in [-0.1, -0.05) is 0 Å². The molecule has 3 aromatic rings. The number of carbonyl (C=O) groups excluding carboxylic acids is 3. The molecule has 3 aromatic carbocycles. The van der Waals surface area contributed by atoms with E-state index >= 15 is 0 Å². The van der Waals surface area contributed by atoms with Crippen molar-refractivity contribution in [3.05, 3.63) is 53.1 Å². The fourth-order valence-corrected chi connectivity index (χ4v) is 4.11. The monoisotopic (exact) mass is 636 g/mol. The van der Waals surface area contributed by atoms with E-state index in [1.165, 1.54) is 0 Å². The second-order valence-corrected chi connectivity index (χ2v) is 9.48. The van der Waals surface area contributed by atoms with E-state index in [-0.39, 0.29) is 0 Å². The molecule has 0 radical (unpaired) electrons. The minimum Gasteiger partial charge on any atom is -0.504 e. The molecule has 1 fully saturated rings. The normalized spacial score (nSPS) is 21.1. The third-order valence-corrected chi connectivity index (χ3v) is 6.41. The molecule has 45 heavy (non-hydrogen) atoms. The van der Waals surface area contributed by atoms with Gasteiger partial charge in [0.05, 0.1) is 16.7 Å². The Hall–Kier alpha value is -5.85. The van der Waals surface area contributed by atoms with Gasteiger partial charge >= 0.3 is 17.9 Å². The molecule has 11 N–H and O–H groups in total. The Bertz CT molecular complexity index is 1580. The molecule has 18 nitrogen and oxygen atoms in total. The molecule has 0 spiro atoms. The molecule has 0 saturated carbocycles. The van der Waals surface area contributed by atoms with Gasteiger partial charge < -0.3 is 75.1 Å². The van der Waals surface area contributed by atoms with Crippen molar-refractivity contribution in [2.24, 2.45) is 0 Å². The molecule has 0 aliphatic carbocycles. The first-order chi connectivity index (χ1) is 21.1. The summed E-state index contributed by atoms with van der Waals surface area (Å²) in [5, 5.41) is 108. The van der Waals surface area contributed by atoms with Crippen molar-refractivity contribution in [1.82, 2.24) is 0 Å². The second-order valence-electron chi connectivity index (χ2n) is 9.48. The van der Waals surface area contributed by atoms with Crippen molar-refractivity contribution in [3.63, 3.8) is 0 Å². The van der Waals surface area contributed by atoms with E-state index in [1.807, 2.05) is 0 Å². The van der Waals surface area contributed by atoms with E-state index in [2.05, 4.69) is 0 Å². The van der Waals surface area contributed by atoms with E-state index in [0.717, 1.165) is 12.1 Å². The maximum absolute atomic E-state index is 13.0. The van der Waals surface area contributed by atoms with Gasteiger partial charge in [0.25, 0.3) is 0 Å². The van der Waals surface area contributed by atoms with Crippen LogP contribution in [0.2, 0.25) is 0 Å². The molecule has 0 bridgehead atoms. The molecule has 5 unspecified atom stereocenters. The molecule has 18 heteroatoms. The maximum atomic E-state index is 13.0. The van der Waals surface area contributed by atoms with Gasteiger partial charge in [0.2, 0.25) is 0 Å². The molecule has 1 aliphatic heterocycles. The van der Waals surface area contributed by atoms with E-state index in [4.69, 9.17) is 18.9 Å². The zero-order valence-corrected chi connectivity index (χ0v) is 22.3. The van der Waals surface area contributed by atoms with Crippen molar-refractivity contribution in [3.8, 4) is 51.7 Å². The number of esters is 3. The van der Waals surface area contributed by atoms with Crippen LogP contribution in [0, 0.1) is 0 Å². The lowest BCUT2D eigenvalue weighted by Crippen LogP contribution is -2.61. The Balaban J connectivity index is 1.66. The molecular formula is C27H24O18. The summed E-state index contributed by atoms with van der Waals surface area (Å²) in [4.78, 5) is 38.5. The van der Waals surface area contributed by atoms with Crippen LogP contribution in [-0.2, 0) is 18.9 Å². The van der Waals surface area contributed by atoms with Gasteiger partial charge in [0.1, 0.15) is 18.8 Å². The lowest BCUT2D eigenvalue weighted by Gasteiger charge is -2.41. The summed E-state index contributed by atoms with van der Waals surface area (Å²) in [6.07, 6.45) is -10.2. The SMILES string of the molecule is O=C(OCC1OC(O)C(O)C(OC(=O)c2cc(O)c(O)c(O)c2)C1OC(=O)c1cc(O)c(O)c(O)c1)c1cc(O)c(O)c(O)c1. The molecule has 1 heterocycles. The number of aliphatic hydroxyl groups is 2. The van der Waals surface area contributed by atoms with Crippen molar-refractivity contribution < 1.29 is 89.5 Å². The molecular weight excluding hydrogens is 612 g/mol. The first kappa shape index (κ1) is 32.1. The van der Waals surface area contributed by atoms with Crippen LogP contribution >= 0.6 is 0 Å². The zero-order chi connectivity index (χ0) is 33.3. The Morgan fingerprint density at radius 3 is 1.27 bits per heavy atom. The highest BCUT2D eigenvalue weighted by atomic mass is 16.7. The number of hydrogen-bond donors (Lipinski definition) is 11. The number of phenols is 9. The standard InChI is InChI=1S/C27H24O18/c28-11-1-8(2-12(29)18(11)34)24(38)42-7-17-22(44-25(39)9-3-13(30)19(35)14(31)4-9)23(21(37)27(41)43-17)45-26(40)10-5-15(32)20(36)16(33)6-10/h1-6,17,21-23,27-37,41H,7H2. The highest BCUT2D eigenvalue weighted by Crippen LogP contribution is 2.38. The van der Waals surface area contributed by atoms with Crippen molar-refractivity contribution in [2.75, 3.05) is 6.61 Å². The first-order valence-corrected chi connectivity index (χ1v) is 12.4. The van der Waals surface area contributed by atoms with Gasteiger partial charge in [-0.3, -0.25) is 0 Å². The maximum Gasteiger partial charge on any atom is 0.338 e. The van der Waals surface area contributed by atoms with Crippen LogP contribution in [0.25, 0.3) is 0 Å². The van der Waals surface area contributed by atoms with E-state index in [9.17, 15) is 70.6 Å². The summed E-state index contributed by atoms with van der Waals surface area (Å²) in [5.74, 6) is -12.5. The summed E-state index contributed by atoms with van der Waals surface area (Å²) < 4.78 is 20.8. The summed E-state index contributed by atoms with van der Waals surface area (Å²) in [5.41, 5.74) is -1.67. The van der Waals surface area contributed by atoms with Gasteiger partial charge in [-0.05, 0) is 36.4 Å². The Kier molecular flexibility index (Phi) is 8.84. The highest BCUT2D eigenvalue weighted by molar-refractivity contribution is 5.93. The van der Waals surface area contributed by atoms with E-state index < -0.39 is 124 Å². The van der Waals surface area contributed by atoms with Gasteiger partial charge in [-0.15, -0.1) is 0 Å². The zero-order valence-electron chi connectivity index (χ0n) is 22.3. The van der Waals surface area contributed by atoms with Crippen molar-refractivity contribution in [1.29, 1.82) is 0 Å². The predicted octanol–water partition coefficient (Wildman–Crippen LogP) is -0.277. The summed E-state index contributed by atoms with van der Waals surface area (Å²) in [7, 11) is 0. The molecule has 1 aliphatic rings. The van der Waals surface area contributed by atoms with Crippen LogP contribution in [0.5, 0.6) is 51.7 Å². The number of aromatic hydroxyl groups is 9. The van der Waals surface area contributed by atoms with E-state index in [0.29, 0.717) is 24.3 Å². The number of phenolic OH excluding ortho intramolecular Hbond substituents is 9. The van der Waals surface area contributed by atoms with Crippen LogP contribution in [0.3, 0.4) is 0 Å². The number of carbonyl (C=O) groups is 3. The lowest BCUT2D eigenvalue weighted by atomic mass is 9.98. The second kappa shape index (κ2) is 12.4. The third kappa shape index (κ3) is 6.56. The fourth-order valence-electron chi connectivity index (χ4n) is 4.11. The minimum absolute atomic E-state index is 0.488. The Morgan fingerprint density at radius 2 is 0.889 bits per heavy atom. The van der Waals surface area contributed by atoms with E-state index in [1.54, 1.807) is 0 Å². The van der Waals surface area contributed by atoms with Gasteiger partial charge in [-0.2, -0.15) is 0 Å². The number of hydrogen-bond acceptors (Lipinski definition) is 18. The average Bonchev–Trinajstić information content (AvgIpc) is 2.98. The Morgan fingerprint density at radius 1 is 0.556 bits per heavy atom. The summed E-state index contributed by atoms with van der Waals surface area (Å²) in [6.45, 7) is -0.941. The number of rotatable bonds is 7. The minimum atomic E-state index is -2.19. The molecule has 4 rings (SSSR count). The van der Waals surface area contributed by atoms with Gasteiger partial charge in [-0.25, -0.2) is 14.4 Å². The van der Waals surface area contributed by atoms with Crippen LogP contribution in [0.15, 0.2) is 36.4 Å². The fraction of sp³-hybridized carbons (Fsp3) is 0.222. The quantitative estimate of drug-likeness (QED) is 0.0902. The van der Waals surface area contributed by atoms with Crippen molar-refractivity contribution >= 4 is 17.9 Å². The molecule has 240 valence electrons. The van der Waals surface area contributed by atoms with Crippen LogP contribution in [0.4, 0.5) is 0 Å². The van der Waals surface area contributed by atoms with Gasteiger partial charge in [0.15, 0.2) is 70.2 Å². The topological polar surface area (TPSA) is 311 Å².